The zero-order valence-electron chi connectivity index (χ0n) is 11.5. The van der Waals surface area contributed by atoms with E-state index in [1.807, 2.05) is 13.8 Å². The number of methoxy groups -OCH3 is 1. The average molecular weight is 288 g/mol. The van der Waals surface area contributed by atoms with Crippen molar-refractivity contribution in [1.29, 1.82) is 0 Å². The fraction of sp³-hybridized carbons (Fsp3) is 0.500. The van der Waals surface area contributed by atoms with E-state index in [1.165, 1.54) is 7.11 Å². The summed E-state index contributed by atoms with van der Waals surface area (Å²) in [5, 5.41) is 4.95. The van der Waals surface area contributed by atoms with Crippen molar-refractivity contribution >= 4 is 10.2 Å². The molecule has 6 nitrogen and oxygen atoms in total. The first-order valence-electron chi connectivity index (χ1n) is 5.87. The van der Waals surface area contributed by atoms with Crippen molar-refractivity contribution < 1.29 is 17.9 Å². The van der Waals surface area contributed by atoms with Crippen molar-refractivity contribution in [1.82, 2.24) is 4.72 Å². The molecule has 1 rings (SSSR count). The van der Waals surface area contributed by atoms with Gasteiger partial charge in [-0.3, -0.25) is 0 Å². The van der Waals surface area contributed by atoms with Crippen LogP contribution in [0.1, 0.15) is 32.4 Å². The predicted molar refractivity (Wildman–Crippen MR) is 73.4 cm³/mol. The van der Waals surface area contributed by atoms with Gasteiger partial charge in [-0.25, -0.2) is 5.14 Å². The Labute approximate surface area is 114 Å². The van der Waals surface area contributed by atoms with Crippen LogP contribution in [0, 0.1) is 0 Å². The Morgan fingerprint density at radius 3 is 2.32 bits per heavy atom. The highest BCUT2D eigenvalue weighted by Gasteiger charge is 2.14. The van der Waals surface area contributed by atoms with Gasteiger partial charge in [0.25, 0.3) is 10.2 Å². The second-order valence-electron chi connectivity index (χ2n) is 4.46. The molecule has 0 amide bonds. The first-order chi connectivity index (χ1) is 8.73. The molecule has 3 N–H and O–H groups in total. The molecule has 0 aliphatic rings. The summed E-state index contributed by atoms with van der Waals surface area (Å²) in [5.74, 6) is 1.17. The lowest BCUT2D eigenvalue weighted by molar-refractivity contribution is 0.230. The number of nitrogens with one attached hydrogen (secondary N) is 1. The standard InChI is InChI=1S/C12H20N2O4S/c1-8(2)18-11-6-5-10(7-12(11)17-4)9(3)14-19(13,15)16/h5-9,14H,1-4H3,(H2,13,15,16). The maximum atomic E-state index is 11.0. The van der Waals surface area contributed by atoms with E-state index in [1.54, 1.807) is 25.1 Å². The molecule has 0 aliphatic heterocycles. The van der Waals surface area contributed by atoms with Crippen molar-refractivity contribution in [2.24, 2.45) is 5.14 Å². The molecule has 108 valence electrons. The van der Waals surface area contributed by atoms with Gasteiger partial charge < -0.3 is 9.47 Å². The van der Waals surface area contributed by atoms with E-state index >= 15 is 0 Å². The summed E-state index contributed by atoms with van der Waals surface area (Å²) >= 11 is 0. The van der Waals surface area contributed by atoms with E-state index in [0.717, 1.165) is 5.56 Å². The first-order valence-corrected chi connectivity index (χ1v) is 7.42. The van der Waals surface area contributed by atoms with E-state index in [-0.39, 0.29) is 6.10 Å². The molecule has 7 heteroatoms. The van der Waals surface area contributed by atoms with E-state index in [0.29, 0.717) is 11.5 Å². The molecule has 0 spiro atoms. The van der Waals surface area contributed by atoms with Crippen LogP contribution in [0.3, 0.4) is 0 Å². The molecule has 0 heterocycles. The lowest BCUT2D eigenvalue weighted by Crippen LogP contribution is -2.32. The fourth-order valence-electron chi connectivity index (χ4n) is 1.62. The summed E-state index contributed by atoms with van der Waals surface area (Å²) in [6, 6.07) is 4.79. The van der Waals surface area contributed by atoms with Crippen molar-refractivity contribution in [3.8, 4) is 11.5 Å². The fourth-order valence-corrected chi connectivity index (χ4v) is 2.25. The highest BCUT2D eigenvalue weighted by molar-refractivity contribution is 7.87. The summed E-state index contributed by atoms with van der Waals surface area (Å²) in [6.07, 6.45) is 0.0275. The number of rotatable bonds is 6. The van der Waals surface area contributed by atoms with Gasteiger partial charge in [-0.15, -0.1) is 0 Å². The molecule has 0 bridgehead atoms. The molecule has 0 radical (unpaired) electrons. The zero-order valence-corrected chi connectivity index (χ0v) is 12.3. The Morgan fingerprint density at radius 2 is 1.84 bits per heavy atom. The van der Waals surface area contributed by atoms with E-state index in [2.05, 4.69) is 4.72 Å². The molecule has 0 saturated carbocycles. The van der Waals surface area contributed by atoms with Gasteiger partial charge in [0.15, 0.2) is 11.5 Å². The molecule has 0 aliphatic carbocycles. The zero-order chi connectivity index (χ0) is 14.6. The third kappa shape index (κ3) is 5.06. The predicted octanol–water partition coefficient (Wildman–Crippen LogP) is 1.34. The molecular weight excluding hydrogens is 268 g/mol. The van der Waals surface area contributed by atoms with Gasteiger partial charge in [0.1, 0.15) is 0 Å². The minimum absolute atomic E-state index is 0.0275. The second-order valence-corrected chi connectivity index (χ2v) is 5.79. The van der Waals surface area contributed by atoms with Crippen LogP contribution in [0.5, 0.6) is 11.5 Å². The van der Waals surface area contributed by atoms with Crippen LogP contribution in [0.4, 0.5) is 0 Å². The topological polar surface area (TPSA) is 90.6 Å². The number of ether oxygens (including phenoxy) is 2. The SMILES string of the molecule is COc1cc(C(C)NS(N)(=O)=O)ccc1OC(C)C. The monoisotopic (exact) mass is 288 g/mol. The Balaban J connectivity index is 2.99. The minimum atomic E-state index is -3.74. The molecule has 0 saturated heterocycles. The lowest BCUT2D eigenvalue weighted by Gasteiger charge is -2.17. The Hall–Kier alpha value is -1.31. The summed E-state index contributed by atoms with van der Waals surface area (Å²) in [6.45, 7) is 5.53. The number of benzene rings is 1. The van der Waals surface area contributed by atoms with Crippen LogP contribution in [-0.2, 0) is 10.2 Å². The molecular formula is C12H20N2O4S. The normalized spacial score (nSPS) is 13.4. The third-order valence-corrected chi connectivity index (χ3v) is 3.07. The molecule has 0 aromatic heterocycles. The lowest BCUT2D eigenvalue weighted by atomic mass is 10.1. The minimum Gasteiger partial charge on any atom is -0.493 e. The van der Waals surface area contributed by atoms with Crippen LogP contribution >= 0.6 is 0 Å². The molecule has 0 fully saturated rings. The van der Waals surface area contributed by atoms with Crippen LogP contribution < -0.4 is 19.3 Å². The highest BCUT2D eigenvalue weighted by Crippen LogP contribution is 2.31. The summed E-state index contributed by atoms with van der Waals surface area (Å²) < 4.78 is 35.1. The highest BCUT2D eigenvalue weighted by atomic mass is 32.2. The van der Waals surface area contributed by atoms with Gasteiger partial charge in [0.2, 0.25) is 0 Å². The van der Waals surface area contributed by atoms with Gasteiger partial charge in [-0.05, 0) is 38.5 Å². The van der Waals surface area contributed by atoms with E-state index in [4.69, 9.17) is 14.6 Å². The van der Waals surface area contributed by atoms with Crippen LogP contribution in [0.25, 0.3) is 0 Å². The van der Waals surface area contributed by atoms with Gasteiger partial charge in [-0.1, -0.05) is 6.07 Å². The first kappa shape index (κ1) is 15.7. The van der Waals surface area contributed by atoms with Gasteiger partial charge in [-0.2, -0.15) is 13.1 Å². The number of nitrogens with two attached hydrogens (primary N) is 1. The maximum absolute atomic E-state index is 11.0. The molecule has 1 atom stereocenters. The number of hydrogen-bond acceptors (Lipinski definition) is 4. The van der Waals surface area contributed by atoms with Gasteiger partial charge >= 0.3 is 0 Å². The molecule has 1 unspecified atom stereocenters. The average Bonchev–Trinajstić information content (AvgIpc) is 2.26. The Morgan fingerprint density at radius 1 is 1.21 bits per heavy atom. The molecule has 1 aromatic rings. The Kier molecular flexibility index (Phi) is 5.16. The summed E-state index contributed by atoms with van der Waals surface area (Å²) in [4.78, 5) is 0. The smallest absolute Gasteiger partial charge is 0.274 e. The van der Waals surface area contributed by atoms with Gasteiger partial charge in [0.05, 0.1) is 13.2 Å². The van der Waals surface area contributed by atoms with Crippen molar-refractivity contribution in [3.63, 3.8) is 0 Å². The van der Waals surface area contributed by atoms with Gasteiger partial charge in [0, 0.05) is 6.04 Å². The van der Waals surface area contributed by atoms with Crippen molar-refractivity contribution in [2.75, 3.05) is 7.11 Å². The third-order valence-electron chi connectivity index (χ3n) is 2.39. The summed E-state index contributed by atoms with van der Waals surface area (Å²) in [5.41, 5.74) is 0.738. The quantitative estimate of drug-likeness (QED) is 0.826. The van der Waals surface area contributed by atoms with Crippen molar-refractivity contribution in [2.45, 2.75) is 32.9 Å². The second kappa shape index (κ2) is 6.23. The van der Waals surface area contributed by atoms with E-state index in [9.17, 15) is 8.42 Å². The Bertz CT molecular complexity index is 529. The summed E-state index contributed by atoms with van der Waals surface area (Å²) in [7, 11) is -2.21. The number of hydrogen-bond donors (Lipinski definition) is 2. The maximum Gasteiger partial charge on any atom is 0.274 e. The van der Waals surface area contributed by atoms with Crippen molar-refractivity contribution in [3.05, 3.63) is 23.8 Å². The van der Waals surface area contributed by atoms with Crippen LogP contribution in [0.15, 0.2) is 18.2 Å². The molecule has 1 aromatic carbocycles. The molecule has 19 heavy (non-hydrogen) atoms. The van der Waals surface area contributed by atoms with E-state index < -0.39 is 16.3 Å². The largest absolute Gasteiger partial charge is 0.493 e. The van der Waals surface area contributed by atoms with Crippen LogP contribution in [0.2, 0.25) is 0 Å². The van der Waals surface area contributed by atoms with Crippen LogP contribution in [-0.4, -0.2) is 21.6 Å².